The van der Waals surface area contributed by atoms with E-state index in [0.717, 1.165) is 17.7 Å². The number of amides is 2. The van der Waals surface area contributed by atoms with Gasteiger partial charge in [-0.25, -0.2) is 0 Å². The number of rotatable bonds is 7. The van der Waals surface area contributed by atoms with Crippen LogP contribution in [0.1, 0.15) is 42.1 Å². The normalized spacial score (nSPS) is 11.5. The van der Waals surface area contributed by atoms with E-state index in [-0.39, 0.29) is 18.4 Å². The molecule has 0 fully saturated rings. The fraction of sp³-hybridized carbons (Fsp3) is 0.333. The highest BCUT2D eigenvalue weighted by Gasteiger charge is 2.12. The quantitative estimate of drug-likeness (QED) is 0.820. The molecule has 2 aromatic rings. The number of nitrogens with zero attached hydrogens (tertiary/aromatic N) is 1. The van der Waals surface area contributed by atoms with Crippen LogP contribution in [0.4, 0.5) is 5.69 Å². The molecule has 2 rings (SSSR count). The average Bonchev–Trinajstić information content (AvgIpc) is 2.66. The van der Waals surface area contributed by atoms with Crippen LogP contribution in [0.2, 0.25) is 0 Å². The van der Waals surface area contributed by atoms with E-state index in [1.807, 2.05) is 24.3 Å². The highest BCUT2D eigenvalue weighted by molar-refractivity contribution is 5.95. The lowest BCUT2D eigenvalue weighted by Crippen LogP contribution is -2.22. The maximum atomic E-state index is 12.2. The Morgan fingerprint density at radius 3 is 2.35 bits per heavy atom. The molecule has 0 bridgehead atoms. The number of anilines is 1. The van der Waals surface area contributed by atoms with E-state index >= 15 is 0 Å². The highest BCUT2D eigenvalue weighted by atomic mass is 16.5. The van der Waals surface area contributed by atoms with Gasteiger partial charge in [-0.1, -0.05) is 32.0 Å². The lowest BCUT2D eigenvalue weighted by Gasteiger charge is -2.15. The third-order valence-electron chi connectivity index (χ3n) is 4.24. The standard InChI is InChI=1S/C21H26N2O3/c1-5-15(2)18-8-6-7-9-19(18)26-14-20(24)22-17-12-10-16(11-13-17)21(25)23(3)4/h6-13,15H,5,14H2,1-4H3,(H,22,24). The van der Waals surface area contributed by atoms with Crippen LogP contribution in [0, 0.1) is 0 Å². The first-order chi connectivity index (χ1) is 12.4. The van der Waals surface area contributed by atoms with Crippen molar-refractivity contribution in [2.24, 2.45) is 0 Å². The molecule has 5 heteroatoms. The monoisotopic (exact) mass is 354 g/mol. The van der Waals surface area contributed by atoms with E-state index in [4.69, 9.17) is 4.74 Å². The minimum Gasteiger partial charge on any atom is -0.483 e. The van der Waals surface area contributed by atoms with Gasteiger partial charge in [-0.2, -0.15) is 0 Å². The van der Waals surface area contributed by atoms with Crippen LogP contribution in [-0.2, 0) is 4.79 Å². The van der Waals surface area contributed by atoms with Crippen molar-refractivity contribution < 1.29 is 14.3 Å². The number of hydrogen-bond donors (Lipinski definition) is 1. The van der Waals surface area contributed by atoms with Crippen molar-refractivity contribution in [3.63, 3.8) is 0 Å². The van der Waals surface area contributed by atoms with Crippen molar-refractivity contribution in [1.82, 2.24) is 4.90 Å². The molecule has 0 saturated heterocycles. The molecule has 1 unspecified atom stereocenters. The van der Waals surface area contributed by atoms with E-state index in [2.05, 4.69) is 19.2 Å². The second kappa shape index (κ2) is 9.04. The Morgan fingerprint density at radius 2 is 1.73 bits per heavy atom. The van der Waals surface area contributed by atoms with E-state index in [9.17, 15) is 9.59 Å². The summed E-state index contributed by atoms with van der Waals surface area (Å²) in [4.78, 5) is 25.5. The summed E-state index contributed by atoms with van der Waals surface area (Å²) in [7, 11) is 3.40. The first-order valence-electron chi connectivity index (χ1n) is 8.75. The summed E-state index contributed by atoms with van der Waals surface area (Å²) in [6.07, 6.45) is 1.00. The molecule has 26 heavy (non-hydrogen) atoms. The summed E-state index contributed by atoms with van der Waals surface area (Å²) in [5.41, 5.74) is 2.31. The fourth-order valence-electron chi connectivity index (χ4n) is 2.53. The van der Waals surface area contributed by atoms with Crippen LogP contribution in [0.5, 0.6) is 5.75 Å². The van der Waals surface area contributed by atoms with Crippen LogP contribution >= 0.6 is 0 Å². The maximum Gasteiger partial charge on any atom is 0.262 e. The van der Waals surface area contributed by atoms with Gasteiger partial charge in [-0.15, -0.1) is 0 Å². The van der Waals surface area contributed by atoms with Gasteiger partial charge in [0.2, 0.25) is 0 Å². The van der Waals surface area contributed by atoms with Gasteiger partial charge in [0.1, 0.15) is 5.75 Å². The van der Waals surface area contributed by atoms with Gasteiger partial charge >= 0.3 is 0 Å². The van der Waals surface area contributed by atoms with Gasteiger partial charge in [-0.05, 0) is 48.2 Å². The van der Waals surface area contributed by atoms with E-state index < -0.39 is 0 Å². The van der Waals surface area contributed by atoms with Gasteiger partial charge < -0.3 is 15.0 Å². The highest BCUT2D eigenvalue weighted by Crippen LogP contribution is 2.28. The van der Waals surface area contributed by atoms with Crippen molar-refractivity contribution >= 4 is 17.5 Å². The Bertz CT molecular complexity index is 754. The number of ether oxygens (including phenoxy) is 1. The Morgan fingerprint density at radius 1 is 1.08 bits per heavy atom. The minimum atomic E-state index is -0.240. The molecule has 2 amide bonds. The van der Waals surface area contributed by atoms with Crippen molar-refractivity contribution in [2.45, 2.75) is 26.2 Å². The van der Waals surface area contributed by atoms with Crippen LogP contribution in [0.25, 0.3) is 0 Å². The van der Waals surface area contributed by atoms with Gasteiger partial charge in [0.05, 0.1) is 0 Å². The Labute approximate surface area is 155 Å². The SMILES string of the molecule is CCC(C)c1ccccc1OCC(=O)Nc1ccc(C(=O)N(C)C)cc1. The molecule has 0 saturated carbocycles. The predicted molar refractivity (Wildman–Crippen MR) is 104 cm³/mol. The lowest BCUT2D eigenvalue weighted by atomic mass is 9.98. The van der Waals surface area contributed by atoms with Crippen LogP contribution in [0.3, 0.4) is 0 Å². The third-order valence-corrected chi connectivity index (χ3v) is 4.24. The Kier molecular flexibility index (Phi) is 6.78. The second-order valence-electron chi connectivity index (χ2n) is 6.46. The molecule has 0 radical (unpaired) electrons. The molecule has 0 aliphatic rings. The van der Waals surface area contributed by atoms with Crippen LogP contribution < -0.4 is 10.1 Å². The average molecular weight is 354 g/mol. The molecular weight excluding hydrogens is 328 g/mol. The zero-order valence-electron chi connectivity index (χ0n) is 15.8. The Balaban J connectivity index is 1.95. The van der Waals surface area contributed by atoms with Crippen molar-refractivity contribution in [2.75, 3.05) is 26.0 Å². The van der Waals surface area contributed by atoms with Crippen LogP contribution in [-0.4, -0.2) is 37.4 Å². The summed E-state index contributed by atoms with van der Waals surface area (Å²) in [5.74, 6) is 0.795. The van der Waals surface area contributed by atoms with Crippen molar-refractivity contribution in [1.29, 1.82) is 0 Å². The van der Waals surface area contributed by atoms with E-state index in [1.165, 1.54) is 4.90 Å². The first kappa shape index (κ1) is 19.5. The predicted octanol–water partition coefficient (Wildman–Crippen LogP) is 3.92. The third kappa shape index (κ3) is 5.09. The molecule has 5 nitrogen and oxygen atoms in total. The lowest BCUT2D eigenvalue weighted by molar-refractivity contribution is -0.118. The molecule has 1 N–H and O–H groups in total. The summed E-state index contributed by atoms with van der Waals surface area (Å²) in [6, 6.07) is 14.6. The smallest absolute Gasteiger partial charge is 0.262 e. The van der Waals surface area contributed by atoms with Crippen molar-refractivity contribution in [3.8, 4) is 5.75 Å². The summed E-state index contributed by atoms with van der Waals surface area (Å²) in [6.45, 7) is 4.20. The molecule has 0 spiro atoms. The molecule has 0 aliphatic carbocycles. The van der Waals surface area contributed by atoms with Crippen molar-refractivity contribution in [3.05, 3.63) is 59.7 Å². The molecule has 138 valence electrons. The Hall–Kier alpha value is -2.82. The van der Waals surface area contributed by atoms with E-state index in [1.54, 1.807) is 38.4 Å². The number of para-hydroxylation sites is 1. The zero-order chi connectivity index (χ0) is 19.1. The molecule has 0 heterocycles. The topological polar surface area (TPSA) is 58.6 Å². The number of hydrogen-bond acceptors (Lipinski definition) is 3. The second-order valence-corrected chi connectivity index (χ2v) is 6.46. The molecule has 0 aromatic heterocycles. The van der Waals surface area contributed by atoms with Gasteiger partial charge in [0, 0.05) is 25.3 Å². The summed E-state index contributed by atoms with van der Waals surface area (Å²) in [5, 5.41) is 2.78. The minimum absolute atomic E-state index is 0.0637. The number of carbonyl (C=O) groups excluding carboxylic acids is 2. The molecular formula is C21H26N2O3. The molecule has 2 aromatic carbocycles. The van der Waals surface area contributed by atoms with Gasteiger partial charge in [0.15, 0.2) is 6.61 Å². The van der Waals surface area contributed by atoms with Gasteiger partial charge in [0.25, 0.3) is 11.8 Å². The largest absolute Gasteiger partial charge is 0.483 e. The van der Waals surface area contributed by atoms with E-state index in [0.29, 0.717) is 17.2 Å². The summed E-state index contributed by atoms with van der Waals surface area (Å²) < 4.78 is 5.71. The molecule has 0 aliphatic heterocycles. The zero-order valence-corrected chi connectivity index (χ0v) is 15.8. The molecule has 1 atom stereocenters. The first-order valence-corrected chi connectivity index (χ1v) is 8.75. The fourth-order valence-corrected chi connectivity index (χ4v) is 2.53. The van der Waals surface area contributed by atoms with Gasteiger partial charge in [-0.3, -0.25) is 9.59 Å². The van der Waals surface area contributed by atoms with Crippen LogP contribution in [0.15, 0.2) is 48.5 Å². The number of nitrogens with one attached hydrogen (secondary N) is 1. The number of carbonyl (C=O) groups is 2. The number of benzene rings is 2. The summed E-state index contributed by atoms with van der Waals surface area (Å²) >= 11 is 0. The maximum absolute atomic E-state index is 12.2.